The van der Waals surface area contributed by atoms with Crippen LogP contribution in [0.4, 0.5) is 11.4 Å². The number of hydrogen-bond acceptors (Lipinski definition) is 3. The summed E-state index contributed by atoms with van der Waals surface area (Å²) in [5, 5.41) is 3.14. The molecule has 1 aliphatic rings. The van der Waals surface area contributed by atoms with Crippen molar-refractivity contribution in [1.29, 1.82) is 0 Å². The number of nitrogens with zero attached hydrogens (tertiary/aromatic N) is 1. The third kappa shape index (κ3) is 2.89. The molecule has 0 fully saturated rings. The molecule has 0 aromatic heterocycles. The lowest BCUT2D eigenvalue weighted by Gasteiger charge is -2.35. The molecule has 4 heteroatoms. The van der Waals surface area contributed by atoms with Crippen molar-refractivity contribution in [2.24, 2.45) is 11.1 Å². The minimum atomic E-state index is -0.0635. The van der Waals surface area contributed by atoms with E-state index in [4.69, 9.17) is 5.73 Å². The molecular weight excluding hydrogens is 238 g/mol. The Labute approximate surface area is 115 Å². The molecule has 3 N–H and O–H groups in total. The van der Waals surface area contributed by atoms with E-state index >= 15 is 0 Å². The third-order valence-corrected chi connectivity index (χ3v) is 3.71. The molecule has 19 heavy (non-hydrogen) atoms. The Balaban J connectivity index is 2.33. The summed E-state index contributed by atoms with van der Waals surface area (Å²) in [4.78, 5) is 14.1. The van der Waals surface area contributed by atoms with Crippen LogP contribution in [-0.2, 0) is 11.2 Å². The smallest absolute Gasteiger partial charge is 0.227 e. The van der Waals surface area contributed by atoms with Gasteiger partial charge >= 0.3 is 0 Å². The van der Waals surface area contributed by atoms with Crippen LogP contribution in [0.25, 0.3) is 0 Å². The summed E-state index contributed by atoms with van der Waals surface area (Å²) in [6, 6.07) is 6.18. The van der Waals surface area contributed by atoms with Gasteiger partial charge in [0.15, 0.2) is 0 Å². The molecule has 0 saturated heterocycles. The third-order valence-electron chi connectivity index (χ3n) is 3.71. The van der Waals surface area contributed by atoms with Crippen LogP contribution in [0.3, 0.4) is 0 Å². The molecule has 4 nitrogen and oxygen atoms in total. The van der Waals surface area contributed by atoms with Crippen molar-refractivity contribution in [3.8, 4) is 0 Å². The summed E-state index contributed by atoms with van der Waals surface area (Å²) in [6.45, 7) is 5.43. The zero-order valence-corrected chi connectivity index (χ0v) is 12.0. The fourth-order valence-corrected chi connectivity index (χ4v) is 2.38. The molecule has 0 spiro atoms. The van der Waals surface area contributed by atoms with Crippen molar-refractivity contribution >= 4 is 17.3 Å². The van der Waals surface area contributed by atoms with Gasteiger partial charge in [-0.1, -0.05) is 13.8 Å². The predicted octanol–water partition coefficient (Wildman–Crippen LogP) is 1.99. The number of amides is 1. The van der Waals surface area contributed by atoms with Crippen LogP contribution in [0.15, 0.2) is 18.2 Å². The molecule has 104 valence electrons. The average Bonchev–Trinajstić information content (AvgIpc) is 2.41. The minimum Gasteiger partial charge on any atom is -0.388 e. The summed E-state index contributed by atoms with van der Waals surface area (Å²) in [6.07, 6.45) is 1.41. The Kier molecular flexibility index (Phi) is 3.80. The monoisotopic (exact) mass is 261 g/mol. The van der Waals surface area contributed by atoms with Gasteiger partial charge in [0.25, 0.3) is 0 Å². The first kappa shape index (κ1) is 13.9. The van der Waals surface area contributed by atoms with Crippen LogP contribution in [-0.4, -0.2) is 26.0 Å². The lowest BCUT2D eigenvalue weighted by Crippen LogP contribution is -2.44. The highest BCUT2D eigenvalue weighted by atomic mass is 16.2. The Hall–Kier alpha value is -1.55. The van der Waals surface area contributed by atoms with Gasteiger partial charge in [0.1, 0.15) is 0 Å². The van der Waals surface area contributed by atoms with Gasteiger partial charge in [0.2, 0.25) is 5.91 Å². The highest BCUT2D eigenvalue weighted by molar-refractivity contribution is 5.96. The summed E-state index contributed by atoms with van der Waals surface area (Å²) in [5.41, 5.74) is 9.09. The number of hydrogen-bond donors (Lipinski definition) is 2. The van der Waals surface area contributed by atoms with Crippen molar-refractivity contribution in [2.75, 3.05) is 30.4 Å². The number of anilines is 2. The van der Waals surface area contributed by atoms with E-state index in [0.717, 1.165) is 17.8 Å². The first-order valence-corrected chi connectivity index (χ1v) is 6.78. The van der Waals surface area contributed by atoms with Crippen LogP contribution in [0.5, 0.6) is 0 Å². The van der Waals surface area contributed by atoms with Crippen molar-refractivity contribution < 1.29 is 4.79 Å². The Morgan fingerprint density at radius 3 is 2.74 bits per heavy atom. The van der Waals surface area contributed by atoms with E-state index < -0.39 is 0 Å². The number of nitrogens with two attached hydrogens (primary N) is 1. The van der Waals surface area contributed by atoms with Gasteiger partial charge in [-0.15, -0.1) is 0 Å². The second-order valence-corrected chi connectivity index (χ2v) is 5.94. The zero-order valence-electron chi connectivity index (χ0n) is 12.0. The molecule has 0 atom stereocenters. The van der Waals surface area contributed by atoms with Crippen molar-refractivity contribution in [1.82, 2.24) is 0 Å². The lowest BCUT2D eigenvalue weighted by molar-refractivity contribution is -0.119. The molecule has 0 aliphatic carbocycles. The maximum absolute atomic E-state index is 12.2. The average molecular weight is 261 g/mol. The van der Waals surface area contributed by atoms with Gasteiger partial charge in [-0.05, 0) is 42.1 Å². The fourth-order valence-electron chi connectivity index (χ4n) is 2.38. The minimum absolute atomic E-state index is 0.0635. The summed E-state index contributed by atoms with van der Waals surface area (Å²) < 4.78 is 0. The maximum Gasteiger partial charge on any atom is 0.227 e. The molecule has 1 aromatic carbocycles. The highest BCUT2D eigenvalue weighted by Gasteiger charge is 2.29. The normalized spacial score (nSPS) is 15.4. The molecule has 1 aromatic rings. The Morgan fingerprint density at radius 2 is 2.11 bits per heavy atom. The van der Waals surface area contributed by atoms with Crippen LogP contribution < -0.4 is 16.0 Å². The molecule has 0 saturated carbocycles. The molecule has 0 bridgehead atoms. The van der Waals surface area contributed by atoms with Gasteiger partial charge < -0.3 is 16.0 Å². The first-order valence-electron chi connectivity index (χ1n) is 6.78. The van der Waals surface area contributed by atoms with E-state index in [1.807, 2.05) is 24.1 Å². The van der Waals surface area contributed by atoms with Crippen molar-refractivity contribution in [2.45, 2.75) is 26.7 Å². The first-order chi connectivity index (χ1) is 8.96. The van der Waals surface area contributed by atoms with Gasteiger partial charge in [0.05, 0.1) is 0 Å². The van der Waals surface area contributed by atoms with E-state index in [-0.39, 0.29) is 11.3 Å². The van der Waals surface area contributed by atoms with Gasteiger partial charge in [0, 0.05) is 31.4 Å². The number of carbonyl (C=O) groups excluding carboxylic acids is 1. The zero-order chi connectivity index (χ0) is 14.0. The van der Waals surface area contributed by atoms with Crippen LogP contribution in [0.1, 0.15) is 25.8 Å². The quantitative estimate of drug-likeness (QED) is 0.871. The van der Waals surface area contributed by atoms with Gasteiger partial charge in [-0.25, -0.2) is 0 Å². The largest absolute Gasteiger partial charge is 0.388 e. The van der Waals surface area contributed by atoms with Crippen LogP contribution in [0, 0.1) is 5.41 Å². The number of benzene rings is 1. The van der Waals surface area contributed by atoms with E-state index in [1.54, 1.807) is 0 Å². The summed E-state index contributed by atoms with van der Waals surface area (Å²) in [7, 11) is 1.91. The van der Waals surface area contributed by atoms with Gasteiger partial charge in [-0.2, -0.15) is 0 Å². The molecular formula is C15H23N3O. The lowest BCUT2D eigenvalue weighted by atomic mass is 9.90. The Bertz CT molecular complexity index is 482. The molecule has 1 amide bonds. The number of nitrogens with one attached hydrogen (secondary N) is 1. The topological polar surface area (TPSA) is 58.4 Å². The molecule has 2 rings (SSSR count). The van der Waals surface area contributed by atoms with Crippen LogP contribution in [0.2, 0.25) is 0 Å². The number of aryl methyl sites for hydroxylation is 1. The predicted molar refractivity (Wildman–Crippen MR) is 79.5 cm³/mol. The van der Waals surface area contributed by atoms with E-state index in [0.29, 0.717) is 19.5 Å². The fraction of sp³-hybridized carbons (Fsp3) is 0.533. The SMILES string of the molecule is CNc1ccc2c(c1)CCC(=O)N2CC(C)(C)CN. The second-order valence-electron chi connectivity index (χ2n) is 5.94. The summed E-state index contributed by atoms with van der Waals surface area (Å²) in [5.74, 6) is 0.200. The number of fused-ring (bicyclic) bond motifs is 1. The maximum atomic E-state index is 12.2. The molecule has 0 radical (unpaired) electrons. The number of carbonyl (C=O) groups is 1. The highest BCUT2D eigenvalue weighted by Crippen LogP contribution is 2.32. The summed E-state index contributed by atoms with van der Waals surface area (Å²) >= 11 is 0. The van der Waals surface area contributed by atoms with Crippen LogP contribution >= 0.6 is 0 Å². The second kappa shape index (κ2) is 5.21. The van der Waals surface area contributed by atoms with Gasteiger partial charge in [-0.3, -0.25) is 4.79 Å². The standard InChI is InChI=1S/C15H23N3O/c1-15(2,9-16)10-18-13-6-5-12(17-3)8-11(13)4-7-14(18)19/h5-6,8,17H,4,7,9-10,16H2,1-3H3. The van der Waals surface area contributed by atoms with Crippen molar-refractivity contribution in [3.63, 3.8) is 0 Å². The van der Waals surface area contributed by atoms with Crippen molar-refractivity contribution in [3.05, 3.63) is 23.8 Å². The molecule has 0 unspecified atom stereocenters. The Morgan fingerprint density at radius 1 is 1.37 bits per heavy atom. The molecule has 1 aliphatic heterocycles. The molecule has 1 heterocycles. The van der Waals surface area contributed by atoms with E-state index in [1.165, 1.54) is 5.56 Å². The van der Waals surface area contributed by atoms with E-state index in [2.05, 4.69) is 25.2 Å². The number of rotatable bonds is 4. The van der Waals surface area contributed by atoms with E-state index in [9.17, 15) is 4.79 Å².